The van der Waals surface area contributed by atoms with Gasteiger partial charge in [-0.2, -0.15) is 0 Å². The van der Waals surface area contributed by atoms with E-state index in [4.69, 9.17) is 11.6 Å². The van der Waals surface area contributed by atoms with E-state index >= 15 is 0 Å². The van der Waals surface area contributed by atoms with Crippen molar-refractivity contribution >= 4 is 17.6 Å². The first kappa shape index (κ1) is 20.7. The second-order valence-electron chi connectivity index (χ2n) is 5.66. The quantitative estimate of drug-likeness (QED) is 0.278. The number of pyridine rings is 1. The van der Waals surface area contributed by atoms with Crippen LogP contribution < -0.4 is 10.6 Å². The number of halogens is 1. The standard InChI is InChI=1S/C18H32ClN5/c1-4-20-18(21-12-7-8-14-24(5-2)6-3)22-13-11-16-9-10-17(19)23-15-16/h9-10,15H,4-8,11-14H2,1-3H3,(H2,20,21,22). The van der Waals surface area contributed by atoms with Gasteiger partial charge in [0, 0.05) is 25.8 Å². The van der Waals surface area contributed by atoms with Crippen molar-refractivity contribution in [1.29, 1.82) is 0 Å². The zero-order valence-electron chi connectivity index (χ0n) is 15.3. The first-order valence-corrected chi connectivity index (χ1v) is 9.42. The lowest BCUT2D eigenvalue weighted by Gasteiger charge is -2.17. The van der Waals surface area contributed by atoms with Crippen LogP contribution >= 0.6 is 11.6 Å². The Morgan fingerprint density at radius 1 is 1.17 bits per heavy atom. The molecule has 5 nitrogen and oxygen atoms in total. The monoisotopic (exact) mass is 353 g/mol. The molecule has 0 unspecified atom stereocenters. The van der Waals surface area contributed by atoms with Gasteiger partial charge in [-0.3, -0.25) is 4.99 Å². The van der Waals surface area contributed by atoms with E-state index in [0.29, 0.717) is 5.15 Å². The number of aromatic nitrogens is 1. The minimum Gasteiger partial charge on any atom is -0.357 e. The first-order chi connectivity index (χ1) is 11.7. The van der Waals surface area contributed by atoms with Crippen molar-refractivity contribution in [2.75, 3.05) is 39.3 Å². The fourth-order valence-electron chi connectivity index (χ4n) is 2.40. The van der Waals surface area contributed by atoms with Crippen molar-refractivity contribution < 1.29 is 0 Å². The highest BCUT2D eigenvalue weighted by atomic mass is 35.5. The number of hydrogen-bond donors (Lipinski definition) is 2. The van der Waals surface area contributed by atoms with Gasteiger partial charge in [-0.25, -0.2) is 4.98 Å². The maximum atomic E-state index is 5.80. The van der Waals surface area contributed by atoms with E-state index in [1.165, 1.54) is 12.0 Å². The Hall–Kier alpha value is -1.33. The maximum absolute atomic E-state index is 5.80. The van der Waals surface area contributed by atoms with Crippen molar-refractivity contribution in [3.63, 3.8) is 0 Å². The average molecular weight is 354 g/mol. The number of hydrogen-bond acceptors (Lipinski definition) is 3. The zero-order chi connectivity index (χ0) is 17.6. The van der Waals surface area contributed by atoms with E-state index < -0.39 is 0 Å². The summed E-state index contributed by atoms with van der Waals surface area (Å²) in [5.41, 5.74) is 1.17. The van der Waals surface area contributed by atoms with Crippen LogP contribution in [0.1, 0.15) is 39.2 Å². The third-order valence-corrected chi connectivity index (χ3v) is 4.11. The minimum absolute atomic E-state index is 0.534. The Kier molecular flexibility index (Phi) is 11.2. The fraction of sp³-hybridized carbons (Fsp3) is 0.667. The molecule has 0 bridgehead atoms. The Balaban J connectivity index is 2.27. The molecule has 0 spiro atoms. The van der Waals surface area contributed by atoms with Crippen LogP contribution in [0, 0.1) is 0 Å². The molecule has 0 aromatic carbocycles. The summed E-state index contributed by atoms with van der Waals surface area (Å²) in [7, 11) is 0. The van der Waals surface area contributed by atoms with E-state index in [1.54, 1.807) is 0 Å². The Morgan fingerprint density at radius 3 is 2.58 bits per heavy atom. The van der Waals surface area contributed by atoms with Crippen molar-refractivity contribution in [3.05, 3.63) is 29.0 Å². The van der Waals surface area contributed by atoms with Gasteiger partial charge in [-0.05, 0) is 57.5 Å². The Morgan fingerprint density at radius 2 is 1.96 bits per heavy atom. The van der Waals surface area contributed by atoms with E-state index in [2.05, 4.69) is 46.3 Å². The van der Waals surface area contributed by atoms with E-state index in [-0.39, 0.29) is 0 Å². The Bertz CT molecular complexity index is 457. The fourth-order valence-corrected chi connectivity index (χ4v) is 2.51. The van der Waals surface area contributed by atoms with Gasteiger partial charge in [0.25, 0.3) is 0 Å². The first-order valence-electron chi connectivity index (χ1n) is 9.04. The largest absolute Gasteiger partial charge is 0.357 e. The molecule has 1 heterocycles. The second kappa shape index (κ2) is 13.0. The van der Waals surface area contributed by atoms with Gasteiger partial charge >= 0.3 is 0 Å². The van der Waals surface area contributed by atoms with Crippen LogP contribution in [0.4, 0.5) is 0 Å². The Labute approximate surface area is 151 Å². The number of nitrogens with zero attached hydrogens (tertiary/aromatic N) is 3. The van der Waals surface area contributed by atoms with Crippen LogP contribution in [0.3, 0.4) is 0 Å². The van der Waals surface area contributed by atoms with Crippen molar-refractivity contribution in [3.8, 4) is 0 Å². The molecule has 1 aromatic heterocycles. The van der Waals surface area contributed by atoms with Crippen LogP contribution in [0.2, 0.25) is 5.15 Å². The molecule has 1 aromatic rings. The number of aliphatic imine (C=N–C) groups is 1. The van der Waals surface area contributed by atoms with Crippen LogP contribution in [-0.4, -0.2) is 55.1 Å². The van der Waals surface area contributed by atoms with Crippen LogP contribution in [-0.2, 0) is 6.42 Å². The summed E-state index contributed by atoms with van der Waals surface area (Å²) in [6.45, 7) is 12.5. The number of guanidine groups is 1. The molecule has 0 atom stereocenters. The normalized spacial score (nSPS) is 11.8. The third-order valence-electron chi connectivity index (χ3n) is 3.89. The molecule has 0 saturated heterocycles. The van der Waals surface area contributed by atoms with E-state index in [0.717, 1.165) is 58.1 Å². The lowest BCUT2D eigenvalue weighted by atomic mass is 10.2. The molecule has 0 saturated carbocycles. The van der Waals surface area contributed by atoms with Crippen LogP contribution in [0.5, 0.6) is 0 Å². The molecule has 0 radical (unpaired) electrons. The van der Waals surface area contributed by atoms with Gasteiger partial charge in [-0.15, -0.1) is 0 Å². The SMILES string of the molecule is CCNC(=NCCCCN(CC)CC)NCCc1ccc(Cl)nc1. The van der Waals surface area contributed by atoms with Crippen molar-refractivity contribution in [1.82, 2.24) is 20.5 Å². The molecule has 136 valence electrons. The van der Waals surface area contributed by atoms with Gasteiger partial charge in [0.1, 0.15) is 5.15 Å². The highest BCUT2D eigenvalue weighted by molar-refractivity contribution is 6.29. The van der Waals surface area contributed by atoms with Crippen LogP contribution in [0.15, 0.2) is 23.3 Å². The summed E-state index contributed by atoms with van der Waals surface area (Å²) in [4.78, 5) is 11.2. The van der Waals surface area contributed by atoms with Gasteiger partial charge < -0.3 is 15.5 Å². The lowest BCUT2D eigenvalue weighted by molar-refractivity contribution is 0.297. The highest BCUT2D eigenvalue weighted by Gasteiger charge is 2.00. The van der Waals surface area contributed by atoms with Crippen LogP contribution in [0.25, 0.3) is 0 Å². The molecule has 0 aliphatic heterocycles. The highest BCUT2D eigenvalue weighted by Crippen LogP contribution is 2.05. The summed E-state index contributed by atoms with van der Waals surface area (Å²) in [5, 5.41) is 7.20. The summed E-state index contributed by atoms with van der Waals surface area (Å²) >= 11 is 5.80. The topological polar surface area (TPSA) is 52.6 Å². The minimum atomic E-state index is 0.534. The van der Waals surface area contributed by atoms with Gasteiger partial charge in [0.2, 0.25) is 0 Å². The number of unbranched alkanes of at least 4 members (excludes halogenated alkanes) is 1. The lowest BCUT2D eigenvalue weighted by Crippen LogP contribution is -2.38. The number of nitrogens with one attached hydrogen (secondary N) is 2. The van der Waals surface area contributed by atoms with Gasteiger partial charge in [0.15, 0.2) is 5.96 Å². The number of rotatable bonds is 11. The summed E-state index contributed by atoms with van der Waals surface area (Å²) < 4.78 is 0. The molecule has 0 amide bonds. The second-order valence-corrected chi connectivity index (χ2v) is 6.05. The maximum Gasteiger partial charge on any atom is 0.191 e. The molecule has 0 aliphatic carbocycles. The molecule has 1 rings (SSSR count). The zero-order valence-corrected chi connectivity index (χ0v) is 16.1. The van der Waals surface area contributed by atoms with E-state index in [1.807, 2.05) is 18.3 Å². The molecular formula is C18H32ClN5. The van der Waals surface area contributed by atoms with Crippen molar-refractivity contribution in [2.24, 2.45) is 4.99 Å². The summed E-state index contributed by atoms with van der Waals surface area (Å²) in [6, 6.07) is 3.83. The molecule has 0 aliphatic rings. The van der Waals surface area contributed by atoms with E-state index in [9.17, 15) is 0 Å². The molecule has 6 heteroatoms. The molecule has 2 N–H and O–H groups in total. The molecular weight excluding hydrogens is 322 g/mol. The molecule has 24 heavy (non-hydrogen) atoms. The molecule has 0 fully saturated rings. The summed E-state index contributed by atoms with van der Waals surface area (Å²) in [5.74, 6) is 0.891. The van der Waals surface area contributed by atoms with Gasteiger partial charge in [-0.1, -0.05) is 31.5 Å². The van der Waals surface area contributed by atoms with Crippen molar-refractivity contribution in [2.45, 2.75) is 40.0 Å². The smallest absolute Gasteiger partial charge is 0.191 e. The average Bonchev–Trinajstić information content (AvgIpc) is 2.59. The predicted molar refractivity (Wildman–Crippen MR) is 104 cm³/mol. The van der Waals surface area contributed by atoms with Gasteiger partial charge in [0.05, 0.1) is 0 Å². The third kappa shape index (κ3) is 9.08. The predicted octanol–water partition coefficient (Wildman–Crippen LogP) is 2.95. The summed E-state index contributed by atoms with van der Waals surface area (Å²) in [6.07, 6.45) is 5.03.